The fourth-order valence-electron chi connectivity index (χ4n) is 1.04. The SMILES string of the molecule is CN(C)c1nc(N)c(Cl)cc1C(F)(F)F. The maximum atomic E-state index is 12.6. The highest BCUT2D eigenvalue weighted by Gasteiger charge is 2.35. The minimum atomic E-state index is -4.50. The number of hydrogen-bond acceptors (Lipinski definition) is 3. The summed E-state index contributed by atoms with van der Waals surface area (Å²) in [6.07, 6.45) is -4.50. The highest BCUT2D eigenvalue weighted by Crippen LogP contribution is 2.37. The summed E-state index contributed by atoms with van der Waals surface area (Å²) in [7, 11) is 2.90. The van der Waals surface area contributed by atoms with Crippen LogP contribution in [0.25, 0.3) is 0 Å². The molecule has 0 unspecified atom stereocenters. The minimum Gasteiger partial charge on any atom is -0.382 e. The Labute approximate surface area is 89.6 Å². The zero-order valence-corrected chi connectivity index (χ0v) is 8.82. The quantitative estimate of drug-likeness (QED) is 0.818. The molecule has 1 aromatic heterocycles. The molecule has 0 aliphatic carbocycles. The number of halogens is 4. The van der Waals surface area contributed by atoms with Crippen molar-refractivity contribution in [1.29, 1.82) is 0 Å². The first-order valence-electron chi connectivity index (χ1n) is 3.94. The fraction of sp³-hybridized carbons (Fsp3) is 0.375. The molecule has 3 nitrogen and oxygen atoms in total. The van der Waals surface area contributed by atoms with Gasteiger partial charge in [-0.1, -0.05) is 11.6 Å². The van der Waals surface area contributed by atoms with E-state index in [2.05, 4.69) is 4.98 Å². The fourth-order valence-corrected chi connectivity index (χ4v) is 1.19. The van der Waals surface area contributed by atoms with Gasteiger partial charge >= 0.3 is 6.18 Å². The van der Waals surface area contributed by atoms with Gasteiger partial charge in [0.25, 0.3) is 0 Å². The van der Waals surface area contributed by atoms with Crippen LogP contribution in [-0.4, -0.2) is 19.1 Å². The number of nitrogen functional groups attached to an aromatic ring is 1. The second-order valence-corrected chi connectivity index (χ2v) is 3.53. The van der Waals surface area contributed by atoms with Crippen molar-refractivity contribution in [1.82, 2.24) is 4.98 Å². The molecule has 7 heteroatoms. The Balaban J connectivity index is 3.42. The van der Waals surface area contributed by atoms with Crippen molar-refractivity contribution in [2.75, 3.05) is 24.7 Å². The number of hydrogen-bond donors (Lipinski definition) is 1. The van der Waals surface area contributed by atoms with Crippen LogP contribution in [-0.2, 0) is 6.18 Å². The van der Waals surface area contributed by atoms with Gasteiger partial charge in [0.2, 0.25) is 0 Å². The van der Waals surface area contributed by atoms with Gasteiger partial charge < -0.3 is 10.6 Å². The van der Waals surface area contributed by atoms with E-state index in [1.807, 2.05) is 0 Å². The molecule has 1 heterocycles. The molecule has 0 aliphatic rings. The second-order valence-electron chi connectivity index (χ2n) is 3.12. The Bertz CT molecular complexity index is 376. The Morgan fingerprint density at radius 2 is 1.93 bits per heavy atom. The molecule has 0 fully saturated rings. The van der Waals surface area contributed by atoms with Crippen LogP contribution in [0.5, 0.6) is 0 Å². The average molecular weight is 240 g/mol. The lowest BCUT2D eigenvalue weighted by Gasteiger charge is -2.18. The maximum Gasteiger partial charge on any atom is 0.420 e. The van der Waals surface area contributed by atoms with Crippen molar-refractivity contribution >= 4 is 23.2 Å². The van der Waals surface area contributed by atoms with Crippen molar-refractivity contribution in [3.63, 3.8) is 0 Å². The number of rotatable bonds is 1. The predicted octanol–water partition coefficient (Wildman–Crippen LogP) is 2.40. The number of nitrogens with two attached hydrogens (primary N) is 1. The molecule has 2 N–H and O–H groups in total. The van der Waals surface area contributed by atoms with Gasteiger partial charge in [0.15, 0.2) is 0 Å². The van der Waals surface area contributed by atoms with E-state index in [1.165, 1.54) is 19.0 Å². The van der Waals surface area contributed by atoms with E-state index in [0.717, 1.165) is 6.07 Å². The maximum absolute atomic E-state index is 12.6. The first-order valence-corrected chi connectivity index (χ1v) is 4.32. The zero-order valence-electron chi connectivity index (χ0n) is 8.06. The Kier molecular flexibility index (Phi) is 2.99. The monoisotopic (exact) mass is 239 g/mol. The third kappa shape index (κ3) is 2.44. The average Bonchev–Trinajstić information content (AvgIpc) is 2.06. The van der Waals surface area contributed by atoms with Crippen LogP contribution in [0, 0.1) is 0 Å². The summed E-state index contributed by atoms with van der Waals surface area (Å²) in [5.41, 5.74) is 4.44. The van der Waals surface area contributed by atoms with Gasteiger partial charge in [-0.25, -0.2) is 4.98 Å². The standard InChI is InChI=1S/C8H9ClF3N3/c1-15(2)7-4(8(10,11)12)3-5(9)6(13)14-7/h3H,1-2H3,(H2,13,14). The normalized spacial score (nSPS) is 11.6. The molecule has 15 heavy (non-hydrogen) atoms. The first-order chi connectivity index (χ1) is 6.73. The Morgan fingerprint density at radius 3 is 2.33 bits per heavy atom. The van der Waals surface area contributed by atoms with Crippen molar-refractivity contribution in [3.8, 4) is 0 Å². The van der Waals surface area contributed by atoms with Gasteiger partial charge in [0.05, 0.1) is 10.6 Å². The molecule has 0 bridgehead atoms. The number of pyridine rings is 1. The summed E-state index contributed by atoms with van der Waals surface area (Å²) in [6, 6.07) is 0.777. The van der Waals surface area contributed by atoms with Crippen LogP contribution in [0.4, 0.5) is 24.8 Å². The van der Waals surface area contributed by atoms with Crippen molar-refractivity contribution < 1.29 is 13.2 Å². The van der Waals surface area contributed by atoms with Crippen molar-refractivity contribution in [2.45, 2.75) is 6.18 Å². The largest absolute Gasteiger partial charge is 0.420 e. The molecule has 0 aliphatic heterocycles. The molecule has 0 radical (unpaired) electrons. The van der Waals surface area contributed by atoms with Gasteiger partial charge in [-0.05, 0) is 6.07 Å². The third-order valence-corrected chi connectivity index (χ3v) is 2.01. The Morgan fingerprint density at radius 1 is 1.40 bits per heavy atom. The van der Waals surface area contributed by atoms with E-state index in [1.54, 1.807) is 0 Å². The molecular weight excluding hydrogens is 231 g/mol. The number of nitrogens with zero attached hydrogens (tertiary/aromatic N) is 2. The van der Waals surface area contributed by atoms with E-state index in [-0.39, 0.29) is 16.7 Å². The van der Waals surface area contributed by atoms with E-state index in [4.69, 9.17) is 17.3 Å². The zero-order chi connectivity index (χ0) is 11.8. The van der Waals surface area contributed by atoms with Gasteiger partial charge in [-0.2, -0.15) is 13.2 Å². The summed E-state index contributed by atoms with van der Waals surface area (Å²) in [5.74, 6) is -0.363. The molecular formula is C8H9ClF3N3. The highest BCUT2D eigenvalue weighted by molar-refractivity contribution is 6.32. The van der Waals surface area contributed by atoms with Crippen LogP contribution >= 0.6 is 11.6 Å². The predicted molar refractivity (Wildman–Crippen MR) is 53.0 cm³/mol. The van der Waals surface area contributed by atoms with Crippen LogP contribution in [0.2, 0.25) is 5.02 Å². The molecule has 0 amide bonds. The summed E-state index contributed by atoms with van der Waals surface area (Å²) in [4.78, 5) is 4.82. The van der Waals surface area contributed by atoms with Crippen molar-refractivity contribution in [2.24, 2.45) is 0 Å². The molecule has 0 saturated carbocycles. The lowest BCUT2D eigenvalue weighted by Crippen LogP contribution is -2.19. The van der Waals surface area contributed by atoms with Crippen LogP contribution in [0.3, 0.4) is 0 Å². The van der Waals surface area contributed by atoms with Gasteiger partial charge in [0.1, 0.15) is 11.6 Å². The number of aromatic nitrogens is 1. The van der Waals surface area contributed by atoms with Crippen LogP contribution < -0.4 is 10.6 Å². The second kappa shape index (κ2) is 3.77. The van der Waals surface area contributed by atoms with Gasteiger partial charge in [-0.15, -0.1) is 0 Å². The third-order valence-electron chi connectivity index (χ3n) is 1.71. The lowest BCUT2D eigenvalue weighted by atomic mass is 10.2. The number of anilines is 2. The van der Waals surface area contributed by atoms with E-state index >= 15 is 0 Å². The molecule has 0 aromatic carbocycles. The smallest absolute Gasteiger partial charge is 0.382 e. The van der Waals surface area contributed by atoms with Gasteiger partial charge in [0, 0.05) is 14.1 Å². The molecule has 0 saturated heterocycles. The topological polar surface area (TPSA) is 42.2 Å². The summed E-state index contributed by atoms with van der Waals surface area (Å²) >= 11 is 5.49. The van der Waals surface area contributed by atoms with E-state index < -0.39 is 11.7 Å². The molecule has 0 spiro atoms. The minimum absolute atomic E-state index is 0.117. The highest BCUT2D eigenvalue weighted by atomic mass is 35.5. The summed E-state index contributed by atoms with van der Waals surface area (Å²) in [6.45, 7) is 0. The summed E-state index contributed by atoms with van der Waals surface area (Å²) in [5, 5.41) is -0.201. The summed E-state index contributed by atoms with van der Waals surface area (Å²) < 4.78 is 37.7. The van der Waals surface area contributed by atoms with Crippen molar-refractivity contribution in [3.05, 3.63) is 16.7 Å². The van der Waals surface area contributed by atoms with E-state index in [0.29, 0.717) is 0 Å². The molecule has 84 valence electrons. The van der Waals surface area contributed by atoms with E-state index in [9.17, 15) is 13.2 Å². The van der Waals surface area contributed by atoms with Crippen LogP contribution in [0.15, 0.2) is 6.07 Å². The van der Waals surface area contributed by atoms with Crippen LogP contribution in [0.1, 0.15) is 5.56 Å². The number of alkyl halides is 3. The molecule has 1 rings (SSSR count). The molecule has 1 aromatic rings. The molecule has 0 atom stereocenters. The first kappa shape index (κ1) is 11.9. The Hall–Kier alpha value is -1.17. The lowest BCUT2D eigenvalue weighted by molar-refractivity contribution is -0.137. The van der Waals surface area contributed by atoms with Gasteiger partial charge in [-0.3, -0.25) is 0 Å².